The van der Waals surface area contributed by atoms with Crippen LogP contribution >= 0.6 is 11.6 Å². The predicted molar refractivity (Wildman–Crippen MR) is 120 cm³/mol. The molecule has 0 aliphatic heterocycles. The molecule has 0 saturated heterocycles. The molecule has 0 aliphatic carbocycles. The molecule has 0 saturated carbocycles. The average molecular weight is 428 g/mol. The predicted octanol–water partition coefficient (Wildman–Crippen LogP) is 4.12. The Hall–Kier alpha value is -2.93. The van der Waals surface area contributed by atoms with Crippen molar-refractivity contribution in [1.82, 2.24) is 19.1 Å². The zero-order valence-corrected chi connectivity index (χ0v) is 18.6. The zero-order chi connectivity index (χ0) is 22.1. The Balaban J connectivity index is 2.05. The molecular formula is C22H26ClN5O2. The monoisotopic (exact) mass is 427 g/mol. The highest BCUT2D eigenvalue weighted by atomic mass is 35.5. The van der Waals surface area contributed by atoms with Crippen LogP contribution in [0.3, 0.4) is 0 Å². The van der Waals surface area contributed by atoms with E-state index in [2.05, 4.69) is 36.1 Å². The topological polar surface area (TPSA) is 81.8 Å². The third-order valence-corrected chi connectivity index (χ3v) is 4.96. The van der Waals surface area contributed by atoms with E-state index in [0.29, 0.717) is 10.7 Å². The lowest BCUT2D eigenvalue weighted by Gasteiger charge is -2.20. The SMILES string of the molecule is CC(C)n1c(=O)nc(Nc2ccc(C(C)(C)C)cc2)n(Cc2ccc(Cl)cn2)c1=O. The Kier molecular flexibility index (Phi) is 6.12. The second-order valence-electron chi connectivity index (χ2n) is 8.47. The van der Waals surface area contributed by atoms with Crippen LogP contribution in [0.25, 0.3) is 0 Å². The number of nitrogens with zero attached hydrogens (tertiary/aromatic N) is 4. The van der Waals surface area contributed by atoms with Gasteiger partial charge in [-0.15, -0.1) is 0 Å². The molecule has 0 atom stereocenters. The number of anilines is 2. The molecule has 3 rings (SSSR count). The van der Waals surface area contributed by atoms with E-state index in [-0.39, 0.29) is 23.9 Å². The summed E-state index contributed by atoms with van der Waals surface area (Å²) in [7, 11) is 0. The van der Waals surface area contributed by atoms with Crippen LogP contribution in [0.2, 0.25) is 5.02 Å². The van der Waals surface area contributed by atoms with Crippen LogP contribution in [-0.2, 0) is 12.0 Å². The minimum Gasteiger partial charge on any atom is -0.325 e. The molecule has 2 aromatic heterocycles. The maximum absolute atomic E-state index is 13.1. The van der Waals surface area contributed by atoms with Crippen molar-refractivity contribution in [3.8, 4) is 0 Å². The van der Waals surface area contributed by atoms with Crippen molar-refractivity contribution >= 4 is 23.2 Å². The highest BCUT2D eigenvalue weighted by Crippen LogP contribution is 2.24. The van der Waals surface area contributed by atoms with Gasteiger partial charge in [-0.2, -0.15) is 4.98 Å². The molecule has 158 valence electrons. The summed E-state index contributed by atoms with van der Waals surface area (Å²) < 4.78 is 2.54. The number of aromatic nitrogens is 4. The van der Waals surface area contributed by atoms with Gasteiger partial charge in [0.1, 0.15) is 0 Å². The molecule has 0 radical (unpaired) electrons. The highest BCUT2D eigenvalue weighted by molar-refractivity contribution is 6.30. The average Bonchev–Trinajstić information content (AvgIpc) is 2.65. The molecule has 0 spiro atoms. The second-order valence-corrected chi connectivity index (χ2v) is 8.91. The van der Waals surface area contributed by atoms with Crippen LogP contribution in [0.4, 0.5) is 11.6 Å². The molecule has 30 heavy (non-hydrogen) atoms. The van der Waals surface area contributed by atoms with E-state index in [1.54, 1.807) is 26.0 Å². The Morgan fingerprint density at radius 3 is 2.27 bits per heavy atom. The van der Waals surface area contributed by atoms with Gasteiger partial charge in [-0.3, -0.25) is 9.55 Å². The third-order valence-electron chi connectivity index (χ3n) is 4.73. The lowest BCUT2D eigenvalue weighted by molar-refractivity contribution is 0.495. The van der Waals surface area contributed by atoms with E-state index in [0.717, 1.165) is 10.3 Å². The van der Waals surface area contributed by atoms with Crippen molar-refractivity contribution in [3.63, 3.8) is 0 Å². The molecule has 0 amide bonds. The minimum absolute atomic E-state index is 0.0247. The van der Waals surface area contributed by atoms with E-state index in [1.165, 1.54) is 16.3 Å². The molecule has 2 heterocycles. The minimum atomic E-state index is -0.593. The van der Waals surface area contributed by atoms with Gasteiger partial charge in [0.25, 0.3) is 0 Å². The fraction of sp³-hybridized carbons (Fsp3) is 0.364. The summed E-state index contributed by atoms with van der Waals surface area (Å²) in [6.45, 7) is 10.1. The molecule has 0 unspecified atom stereocenters. The molecule has 1 aromatic carbocycles. The van der Waals surface area contributed by atoms with E-state index in [4.69, 9.17) is 11.6 Å². The second kappa shape index (κ2) is 8.44. The third kappa shape index (κ3) is 4.79. The maximum Gasteiger partial charge on any atom is 0.355 e. The Bertz CT molecular complexity index is 1140. The van der Waals surface area contributed by atoms with E-state index in [9.17, 15) is 9.59 Å². The summed E-state index contributed by atoms with van der Waals surface area (Å²) in [4.78, 5) is 34.0. The summed E-state index contributed by atoms with van der Waals surface area (Å²) in [5.41, 5.74) is 1.52. The van der Waals surface area contributed by atoms with E-state index >= 15 is 0 Å². The van der Waals surface area contributed by atoms with Crippen LogP contribution in [0, 0.1) is 0 Å². The molecule has 8 heteroatoms. The molecule has 0 aliphatic rings. The first-order chi connectivity index (χ1) is 14.1. The Labute approximate surface area is 180 Å². The number of halogens is 1. The summed E-state index contributed by atoms with van der Waals surface area (Å²) in [5.74, 6) is 0.169. The summed E-state index contributed by atoms with van der Waals surface area (Å²) in [5, 5.41) is 3.62. The Morgan fingerprint density at radius 2 is 1.73 bits per heavy atom. The molecule has 0 bridgehead atoms. The largest absolute Gasteiger partial charge is 0.355 e. The number of nitrogens with one attached hydrogen (secondary N) is 1. The number of pyridine rings is 1. The van der Waals surface area contributed by atoms with Gasteiger partial charge in [0.05, 0.1) is 17.3 Å². The maximum atomic E-state index is 13.1. The van der Waals surface area contributed by atoms with Gasteiger partial charge in [-0.1, -0.05) is 44.5 Å². The van der Waals surface area contributed by atoms with Crippen molar-refractivity contribution in [1.29, 1.82) is 0 Å². The first kappa shape index (κ1) is 21.8. The highest BCUT2D eigenvalue weighted by Gasteiger charge is 2.17. The van der Waals surface area contributed by atoms with Crippen molar-refractivity contribution in [2.45, 2.75) is 52.6 Å². The van der Waals surface area contributed by atoms with Gasteiger partial charge in [-0.05, 0) is 49.1 Å². The summed E-state index contributed by atoms with van der Waals surface area (Å²) >= 11 is 5.92. The lowest BCUT2D eigenvalue weighted by Crippen LogP contribution is -2.43. The lowest BCUT2D eigenvalue weighted by atomic mass is 9.87. The summed E-state index contributed by atoms with van der Waals surface area (Å²) in [6.07, 6.45) is 1.52. The first-order valence-electron chi connectivity index (χ1n) is 9.77. The van der Waals surface area contributed by atoms with Gasteiger partial charge < -0.3 is 5.32 Å². The van der Waals surface area contributed by atoms with Gasteiger partial charge in [-0.25, -0.2) is 14.2 Å². The van der Waals surface area contributed by atoms with Crippen molar-refractivity contribution in [2.75, 3.05) is 5.32 Å². The standard InChI is InChI=1S/C22H26ClN5O2/c1-14(2)28-20(29)26-19(25-17-9-6-15(7-10-17)22(3,4)5)27(21(28)30)13-18-11-8-16(23)12-24-18/h6-12,14H,13H2,1-5H3,(H,25,26,29). The van der Waals surface area contributed by atoms with Gasteiger partial charge in [0.2, 0.25) is 5.95 Å². The molecule has 7 nitrogen and oxygen atoms in total. The van der Waals surface area contributed by atoms with Crippen LogP contribution < -0.4 is 16.7 Å². The molecular weight excluding hydrogens is 402 g/mol. The van der Waals surface area contributed by atoms with Crippen molar-refractivity contribution < 1.29 is 0 Å². The van der Waals surface area contributed by atoms with E-state index < -0.39 is 11.4 Å². The number of benzene rings is 1. The quantitative estimate of drug-likeness (QED) is 0.662. The fourth-order valence-corrected chi connectivity index (χ4v) is 3.14. The zero-order valence-electron chi connectivity index (χ0n) is 17.8. The van der Waals surface area contributed by atoms with Crippen LogP contribution in [0.1, 0.15) is 51.9 Å². The summed E-state index contributed by atoms with van der Waals surface area (Å²) in [6, 6.07) is 11.0. The van der Waals surface area contributed by atoms with Crippen molar-refractivity contribution in [3.05, 3.63) is 79.8 Å². The van der Waals surface area contributed by atoms with Gasteiger partial charge in [0.15, 0.2) is 0 Å². The smallest absolute Gasteiger partial charge is 0.325 e. The number of hydrogen-bond donors (Lipinski definition) is 1. The number of rotatable bonds is 5. The van der Waals surface area contributed by atoms with Gasteiger partial charge in [0, 0.05) is 17.9 Å². The fourth-order valence-electron chi connectivity index (χ4n) is 3.03. The van der Waals surface area contributed by atoms with Gasteiger partial charge >= 0.3 is 11.4 Å². The molecule has 0 fully saturated rings. The van der Waals surface area contributed by atoms with Crippen molar-refractivity contribution in [2.24, 2.45) is 0 Å². The molecule has 3 aromatic rings. The first-order valence-corrected chi connectivity index (χ1v) is 10.2. The van der Waals surface area contributed by atoms with Crippen LogP contribution in [-0.4, -0.2) is 19.1 Å². The van der Waals surface area contributed by atoms with Crippen LogP contribution in [0.5, 0.6) is 0 Å². The normalized spacial score (nSPS) is 11.7. The molecule has 1 N–H and O–H groups in total. The van der Waals surface area contributed by atoms with Crippen LogP contribution in [0.15, 0.2) is 52.2 Å². The Morgan fingerprint density at radius 1 is 1.07 bits per heavy atom. The van der Waals surface area contributed by atoms with E-state index in [1.807, 2.05) is 24.3 Å². The number of hydrogen-bond acceptors (Lipinski definition) is 5.